The van der Waals surface area contributed by atoms with Crippen molar-refractivity contribution in [1.82, 2.24) is 4.98 Å². The standard InChI is InChI=1S/C18H16ClN3O3/c1-13-6-7-14(11-21-13)18(24)25-12-17(23)22(9-3-8-20)16-5-2-4-15(19)10-16/h2,4-7,10-11H,3,9,12H2,1H3. The van der Waals surface area contributed by atoms with Gasteiger partial charge in [-0.25, -0.2) is 4.79 Å². The first-order chi connectivity index (χ1) is 12.0. The minimum absolute atomic E-state index is 0.147. The monoisotopic (exact) mass is 357 g/mol. The van der Waals surface area contributed by atoms with Crippen molar-refractivity contribution in [3.63, 3.8) is 0 Å². The van der Waals surface area contributed by atoms with E-state index in [1.165, 1.54) is 11.1 Å². The fraction of sp³-hybridized carbons (Fsp3) is 0.222. The molecule has 0 N–H and O–H groups in total. The summed E-state index contributed by atoms with van der Waals surface area (Å²) in [5.41, 5.74) is 1.58. The van der Waals surface area contributed by atoms with Crippen LogP contribution in [-0.4, -0.2) is 30.0 Å². The molecule has 0 saturated heterocycles. The zero-order valence-corrected chi connectivity index (χ0v) is 14.4. The quantitative estimate of drug-likeness (QED) is 0.741. The molecule has 0 saturated carbocycles. The molecule has 7 heteroatoms. The van der Waals surface area contributed by atoms with E-state index >= 15 is 0 Å². The molecule has 1 aromatic carbocycles. The van der Waals surface area contributed by atoms with Gasteiger partial charge in [-0.3, -0.25) is 9.78 Å². The lowest BCUT2D eigenvalue weighted by molar-refractivity contribution is -0.121. The van der Waals surface area contributed by atoms with Crippen molar-refractivity contribution in [2.75, 3.05) is 18.1 Å². The van der Waals surface area contributed by atoms with Crippen LogP contribution in [0.4, 0.5) is 5.69 Å². The van der Waals surface area contributed by atoms with E-state index < -0.39 is 18.5 Å². The molecule has 0 aliphatic carbocycles. The van der Waals surface area contributed by atoms with Gasteiger partial charge in [0, 0.05) is 29.1 Å². The number of amides is 1. The number of esters is 1. The Balaban J connectivity index is 2.05. The van der Waals surface area contributed by atoms with Gasteiger partial charge in [-0.05, 0) is 37.3 Å². The normalized spacial score (nSPS) is 9.96. The van der Waals surface area contributed by atoms with Crippen LogP contribution in [0.1, 0.15) is 22.5 Å². The number of nitrogens with zero attached hydrogens (tertiary/aromatic N) is 3. The van der Waals surface area contributed by atoms with Gasteiger partial charge in [0.05, 0.1) is 18.1 Å². The van der Waals surface area contributed by atoms with Crippen LogP contribution in [0, 0.1) is 18.3 Å². The van der Waals surface area contributed by atoms with Gasteiger partial charge in [-0.1, -0.05) is 17.7 Å². The van der Waals surface area contributed by atoms with E-state index in [2.05, 4.69) is 4.98 Å². The van der Waals surface area contributed by atoms with Gasteiger partial charge in [-0.15, -0.1) is 0 Å². The van der Waals surface area contributed by atoms with E-state index in [1.807, 2.05) is 6.07 Å². The third kappa shape index (κ3) is 5.30. The van der Waals surface area contributed by atoms with Crippen molar-refractivity contribution in [2.45, 2.75) is 13.3 Å². The highest BCUT2D eigenvalue weighted by Gasteiger charge is 2.18. The average molecular weight is 358 g/mol. The molecule has 25 heavy (non-hydrogen) atoms. The van der Waals surface area contributed by atoms with Gasteiger partial charge in [0.25, 0.3) is 5.91 Å². The summed E-state index contributed by atoms with van der Waals surface area (Å²) in [4.78, 5) is 29.8. The molecule has 0 atom stereocenters. The maximum Gasteiger partial charge on any atom is 0.340 e. The van der Waals surface area contributed by atoms with E-state index in [1.54, 1.807) is 43.3 Å². The number of pyridine rings is 1. The zero-order chi connectivity index (χ0) is 18.2. The molecule has 0 bridgehead atoms. The summed E-state index contributed by atoms with van der Waals surface area (Å²) < 4.78 is 5.06. The fourth-order valence-corrected chi connectivity index (χ4v) is 2.27. The minimum Gasteiger partial charge on any atom is -0.452 e. The Labute approximate surface area is 150 Å². The molecular weight excluding hydrogens is 342 g/mol. The van der Waals surface area contributed by atoms with Gasteiger partial charge in [0.15, 0.2) is 6.61 Å². The maximum absolute atomic E-state index is 12.4. The molecule has 0 aliphatic rings. The molecule has 0 radical (unpaired) electrons. The van der Waals surface area contributed by atoms with Crippen LogP contribution in [0.2, 0.25) is 5.02 Å². The number of nitriles is 1. The Bertz CT molecular complexity index is 800. The van der Waals surface area contributed by atoms with Crippen molar-refractivity contribution >= 4 is 29.2 Å². The molecule has 0 spiro atoms. The van der Waals surface area contributed by atoms with Crippen molar-refractivity contribution < 1.29 is 14.3 Å². The Morgan fingerprint density at radius 1 is 1.32 bits per heavy atom. The van der Waals surface area contributed by atoms with E-state index in [0.717, 1.165) is 5.69 Å². The molecule has 0 unspecified atom stereocenters. The van der Waals surface area contributed by atoms with E-state index in [9.17, 15) is 9.59 Å². The first-order valence-electron chi connectivity index (χ1n) is 7.54. The highest BCUT2D eigenvalue weighted by Crippen LogP contribution is 2.20. The minimum atomic E-state index is -0.632. The van der Waals surface area contributed by atoms with Crippen molar-refractivity contribution in [3.8, 4) is 6.07 Å². The number of hydrogen-bond acceptors (Lipinski definition) is 5. The Morgan fingerprint density at radius 2 is 2.12 bits per heavy atom. The first kappa shape index (κ1) is 18.4. The number of anilines is 1. The number of carbonyl (C=O) groups excluding carboxylic acids is 2. The number of halogens is 1. The molecule has 1 aromatic heterocycles. The van der Waals surface area contributed by atoms with Crippen molar-refractivity contribution in [3.05, 3.63) is 58.9 Å². The highest BCUT2D eigenvalue weighted by molar-refractivity contribution is 6.30. The number of ether oxygens (including phenoxy) is 1. The van der Waals surface area contributed by atoms with Crippen LogP contribution in [0.5, 0.6) is 0 Å². The first-order valence-corrected chi connectivity index (χ1v) is 7.91. The predicted molar refractivity (Wildman–Crippen MR) is 93.3 cm³/mol. The molecule has 0 aliphatic heterocycles. The summed E-state index contributed by atoms with van der Waals surface area (Å²) in [6, 6.07) is 12.0. The van der Waals surface area contributed by atoms with E-state index in [4.69, 9.17) is 21.6 Å². The average Bonchev–Trinajstić information content (AvgIpc) is 2.60. The van der Waals surface area contributed by atoms with Gasteiger partial charge < -0.3 is 9.64 Å². The largest absolute Gasteiger partial charge is 0.452 e. The van der Waals surface area contributed by atoms with Crippen molar-refractivity contribution in [1.29, 1.82) is 5.26 Å². The molecule has 1 heterocycles. The summed E-state index contributed by atoms with van der Waals surface area (Å²) in [5.74, 6) is -1.07. The van der Waals surface area contributed by atoms with Crippen LogP contribution in [-0.2, 0) is 9.53 Å². The molecule has 6 nitrogen and oxygen atoms in total. The summed E-state index contributed by atoms with van der Waals surface area (Å²) in [5, 5.41) is 9.25. The molecule has 128 valence electrons. The van der Waals surface area contributed by atoms with Crippen LogP contribution in [0.25, 0.3) is 0 Å². The Kier molecular flexibility index (Phi) is 6.49. The fourth-order valence-electron chi connectivity index (χ4n) is 2.08. The SMILES string of the molecule is Cc1ccc(C(=O)OCC(=O)N(CCC#N)c2cccc(Cl)c2)cn1. The second-order valence-corrected chi connectivity index (χ2v) is 5.63. The smallest absolute Gasteiger partial charge is 0.340 e. The summed E-state index contributed by atoms with van der Waals surface area (Å²) in [6.07, 6.45) is 1.54. The van der Waals surface area contributed by atoms with Crippen molar-refractivity contribution in [2.24, 2.45) is 0 Å². The third-order valence-corrected chi connectivity index (χ3v) is 3.58. The third-order valence-electron chi connectivity index (χ3n) is 3.34. The topological polar surface area (TPSA) is 83.3 Å². The van der Waals surface area contributed by atoms with Gasteiger partial charge in [-0.2, -0.15) is 5.26 Å². The van der Waals surface area contributed by atoms with Crippen LogP contribution >= 0.6 is 11.6 Å². The number of benzene rings is 1. The van der Waals surface area contributed by atoms with Gasteiger partial charge >= 0.3 is 5.97 Å². The molecule has 0 fully saturated rings. The Hall–Kier alpha value is -2.91. The summed E-state index contributed by atoms with van der Waals surface area (Å²) in [6.45, 7) is 1.54. The van der Waals surface area contributed by atoms with Crippen LogP contribution < -0.4 is 4.90 Å². The number of carbonyl (C=O) groups is 2. The van der Waals surface area contributed by atoms with Crippen LogP contribution in [0.3, 0.4) is 0 Å². The number of rotatable bonds is 6. The lowest BCUT2D eigenvalue weighted by Gasteiger charge is -2.21. The van der Waals surface area contributed by atoms with Crippen LogP contribution in [0.15, 0.2) is 42.6 Å². The predicted octanol–water partition coefficient (Wildman–Crippen LogP) is 3.15. The summed E-state index contributed by atoms with van der Waals surface area (Å²) in [7, 11) is 0. The summed E-state index contributed by atoms with van der Waals surface area (Å²) >= 11 is 5.95. The zero-order valence-electron chi connectivity index (χ0n) is 13.6. The van der Waals surface area contributed by atoms with E-state index in [0.29, 0.717) is 10.7 Å². The van der Waals surface area contributed by atoms with Gasteiger partial charge in [0.1, 0.15) is 0 Å². The number of hydrogen-bond donors (Lipinski definition) is 0. The van der Waals surface area contributed by atoms with Gasteiger partial charge in [0.2, 0.25) is 0 Å². The molecular formula is C18H16ClN3O3. The molecule has 2 aromatic rings. The second-order valence-electron chi connectivity index (χ2n) is 5.20. The Morgan fingerprint density at radius 3 is 2.76 bits per heavy atom. The second kappa shape index (κ2) is 8.81. The number of aromatic nitrogens is 1. The lowest BCUT2D eigenvalue weighted by Crippen LogP contribution is -2.35. The lowest BCUT2D eigenvalue weighted by atomic mass is 10.2. The van der Waals surface area contributed by atoms with E-state index in [-0.39, 0.29) is 18.5 Å². The number of aryl methyl sites for hydroxylation is 1. The molecule has 1 amide bonds. The molecule has 2 rings (SSSR count). The highest BCUT2D eigenvalue weighted by atomic mass is 35.5. The maximum atomic E-state index is 12.4.